The molecule has 0 aliphatic heterocycles. The lowest BCUT2D eigenvalue weighted by Crippen LogP contribution is -2.25. The molecule has 2 aromatic heterocycles. The number of amides is 1. The molecule has 0 atom stereocenters. The van der Waals surface area contributed by atoms with Gasteiger partial charge in [0.15, 0.2) is 5.82 Å². The summed E-state index contributed by atoms with van der Waals surface area (Å²) in [4.78, 5) is 16.4. The van der Waals surface area contributed by atoms with Gasteiger partial charge in [0.25, 0.3) is 0 Å². The SMILES string of the molecule is CNc1ccc2c(c1)nc(NCCCCNC(=O)CC(C)C)c1nnc(C)n12. The fourth-order valence-corrected chi connectivity index (χ4v) is 3.18. The van der Waals surface area contributed by atoms with Crippen LogP contribution in [0.4, 0.5) is 11.5 Å². The van der Waals surface area contributed by atoms with Crippen molar-refractivity contribution in [3.05, 3.63) is 24.0 Å². The van der Waals surface area contributed by atoms with Crippen molar-refractivity contribution in [3.8, 4) is 0 Å². The molecule has 1 aromatic carbocycles. The van der Waals surface area contributed by atoms with E-state index >= 15 is 0 Å². The first kappa shape index (κ1) is 19.9. The number of rotatable bonds is 9. The Morgan fingerprint density at radius 3 is 2.71 bits per heavy atom. The van der Waals surface area contributed by atoms with Crippen molar-refractivity contribution in [2.75, 3.05) is 30.8 Å². The number of aromatic nitrogens is 4. The molecule has 28 heavy (non-hydrogen) atoms. The Morgan fingerprint density at radius 2 is 1.96 bits per heavy atom. The molecular weight excluding hydrogens is 354 g/mol. The second kappa shape index (κ2) is 8.86. The van der Waals surface area contributed by atoms with E-state index in [1.54, 1.807) is 0 Å². The van der Waals surface area contributed by atoms with Gasteiger partial charge in [-0.15, -0.1) is 10.2 Å². The highest BCUT2D eigenvalue weighted by Crippen LogP contribution is 2.24. The second-order valence-corrected chi connectivity index (χ2v) is 7.40. The van der Waals surface area contributed by atoms with E-state index in [1.807, 2.05) is 50.4 Å². The Labute approximate surface area is 165 Å². The third-order valence-electron chi connectivity index (χ3n) is 4.59. The number of hydrogen-bond acceptors (Lipinski definition) is 6. The van der Waals surface area contributed by atoms with Crippen molar-refractivity contribution >= 4 is 34.1 Å². The summed E-state index contributed by atoms with van der Waals surface area (Å²) in [6, 6.07) is 6.06. The molecule has 0 aliphatic rings. The van der Waals surface area contributed by atoms with Crippen LogP contribution in [0.2, 0.25) is 0 Å². The molecule has 3 aromatic rings. The molecule has 3 rings (SSSR count). The number of fused-ring (bicyclic) bond motifs is 3. The van der Waals surface area contributed by atoms with Crippen molar-refractivity contribution in [2.45, 2.75) is 40.0 Å². The molecule has 0 saturated heterocycles. The van der Waals surface area contributed by atoms with Gasteiger partial charge in [0, 0.05) is 32.2 Å². The van der Waals surface area contributed by atoms with Crippen molar-refractivity contribution in [3.63, 3.8) is 0 Å². The van der Waals surface area contributed by atoms with Gasteiger partial charge < -0.3 is 16.0 Å². The number of hydrogen-bond donors (Lipinski definition) is 3. The number of benzene rings is 1. The molecule has 8 heteroatoms. The molecule has 2 heterocycles. The van der Waals surface area contributed by atoms with E-state index in [4.69, 9.17) is 4.98 Å². The maximum Gasteiger partial charge on any atom is 0.220 e. The number of nitrogens with one attached hydrogen (secondary N) is 3. The largest absolute Gasteiger partial charge is 0.388 e. The third-order valence-corrected chi connectivity index (χ3v) is 4.59. The van der Waals surface area contributed by atoms with Crippen LogP contribution in [0.1, 0.15) is 38.9 Å². The summed E-state index contributed by atoms with van der Waals surface area (Å²) in [5.41, 5.74) is 3.60. The maximum atomic E-state index is 11.7. The first-order chi connectivity index (χ1) is 13.5. The van der Waals surface area contributed by atoms with E-state index in [0.29, 0.717) is 18.9 Å². The van der Waals surface area contributed by atoms with Crippen LogP contribution in [0, 0.1) is 12.8 Å². The average molecular weight is 384 g/mol. The van der Waals surface area contributed by atoms with Crippen molar-refractivity contribution in [1.29, 1.82) is 0 Å². The van der Waals surface area contributed by atoms with E-state index < -0.39 is 0 Å². The Morgan fingerprint density at radius 1 is 1.18 bits per heavy atom. The summed E-state index contributed by atoms with van der Waals surface area (Å²) in [5.74, 6) is 2.07. The molecule has 3 N–H and O–H groups in total. The van der Waals surface area contributed by atoms with Gasteiger partial charge in [0.1, 0.15) is 5.82 Å². The van der Waals surface area contributed by atoms with Gasteiger partial charge in [-0.25, -0.2) is 4.98 Å². The number of carbonyl (C=O) groups excluding carboxylic acids is 1. The van der Waals surface area contributed by atoms with Gasteiger partial charge in [-0.3, -0.25) is 9.20 Å². The van der Waals surface area contributed by atoms with E-state index in [9.17, 15) is 4.79 Å². The highest BCUT2D eigenvalue weighted by Gasteiger charge is 2.13. The summed E-state index contributed by atoms with van der Waals surface area (Å²) in [6.07, 6.45) is 2.42. The van der Waals surface area contributed by atoms with Crippen LogP contribution < -0.4 is 16.0 Å². The van der Waals surface area contributed by atoms with E-state index in [1.165, 1.54) is 0 Å². The minimum absolute atomic E-state index is 0.125. The molecule has 8 nitrogen and oxygen atoms in total. The highest BCUT2D eigenvalue weighted by atomic mass is 16.1. The Kier molecular flexibility index (Phi) is 6.28. The zero-order valence-electron chi connectivity index (χ0n) is 17.0. The first-order valence-corrected chi connectivity index (χ1v) is 9.83. The van der Waals surface area contributed by atoms with Gasteiger partial charge >= 0.3 is 0 Å². The zero-order valence-corrected chi connectivity index (χ0v) is 17.0. The summed E-state index contributed by atoms with van der Waals surface area (Å²) in [6.45, 7) is 7.49. The lowest BCUT2D eigenvalue weighted by Gasteiger charge is -2.11. The standard InChI is InChI=1S/C20H29N7O/c1-13(2)11-18(28)22-9-5-6-10-23-19-20-26-25-14(3)27(20)17-8-7-15(21-4)12-16(17)24-19/h7-8,12-13,21H,5-6,9-11H2,1-4H3,(H,22,28)(H,23,24). The zero-order chi connectivity index (χ0) is 20.1. The summed E-state index contributed by atoms with van der Waals surface area (Å²) >= 11 is 0. The van der Waals surface area contributed by atoms with Gasteiger partial charge in [0.05, 0.1) is 11.0 Å². The minimum atomic E-state index is 0.125. The fourth-order valence-electron chi connectivity index (χ4n) is 3.18. The fraction of sp³-hybridized carbons (Fsp3) is 0.500. The molecule has 0 radical (unpaired) electrons. The summed E-state index contributed by atoms with van der Waals surface area (Å²) in [7, 11) is 1.89. The number of aryl methyl sites for hydroxylation is 1. The lowest BCUT2D eigenvalue weighted by atomic mass is 10.1. The van der Waals surface area contributed by atoms with Crippen LogP contribution in [0.5, 0.6) is 0 Å². The van der Waals surface area contributed by atoms with Gasteiger partial charge in [0.2, 0.25) is 11.6 Å². The highest BCUT2D eigenvalue weighted by molar-refractivity contribution is 5.85. The van der Waals surface area contributed by atoms with Crippen LogP contribution in [0.15, 0.2) is 18.2 Å². The van der Waals surface area contributed by atoms with Crippen molar-refractivity contribution in [2.24, 2.45) is 5.92 Å². The average Bonchev–Trinajstić information content (AvgIpc) is 3.05. The molecule has 150 valence electrons. The van der Waals surface area contributed by atoms with Crippen LogP contribution >= 0.6 is 0 Å². The van der Waals surface area contributed by atoms with Gasteiger partial charge in [-0.2, -0.15) is 0 Å². The molecule has 0 unspecified atom stereocenters. The van der Waals surface area contributed by atoms with Crippen molar-refractivity contribution < 1.29 is 4.79 Å². The van der Waals surface area contributed by atoms with Crippen molar-refractivity contribution in [1.82, 2.24) is 24.9 Å². The van der Waals surface area contributed by atoms with Crippen LogP contribution in [-0.2, 0) is 4.79 Å². The monoisotopic (exact) mass is 383 g/mol. The van der Waals surface area contributed by atoms with Gasteiger partial charge in [-0.1, -0.05) is 13.8 Å². The van der Waals surface area contributed by atoms with Crippen LogP contribution in [0.3, 0.4) is 0 Å². The molecule has 0 spiro atoms. The summed E-state index contributed by atoms with van der Waals surface area (Å²) < 4.78 is 2.02. The number of anilines is 2. The first-order valence-electron chi connectivity index (χ1n) is 9.83. The van der Waals surface area contributed by atoms with Gasteiger partial charge in [-0.05, 0) is 43.9 Å². The molecular formula is C20H29N7O. The predicted octanol–water partition coefficient (Wildman–Crippen LogP) is 2.98. The molecule has 0 bridgehead atoms. The Balaban J connectivity index is 1.65. The maximum absolute atomic E-state index is 11.7. The smallest absolute Gasteiger partial charge is 0.220 e. The number of carbonyl (C=O) groups is 1. The molecule has 0 fully saturated rings. The molecule has 0 saturated carbocycles. The second-order valence-electron chi connectivity index (χ2n) is 7.40. The van der Waals surface area contributed by atoms with E-state index in [-0.39, 0.29) is 5.91 Å². The Bertz CT molecular complexity index is 964. The van der Waals surface area contributed by atoms with E-state index in [2.05, 4.69) is 26.1 Å². The normalized spacial score (nSPS) is 11.3. The lowest BCUT2D eigenvalue weighted by molar-refractivity contribution is -0.121. The topological polar surface area (TPSA) is 96.2 Å². The molecule has 0 aliphatic carbocycles. The number of unbranched alkanes of at least 4 members (excludes halogenated alkanes) is 1. The quantitative estimate of drug-likeness (QED) is 0.492. The summed E-state index contributed by atoms with van der Waals surface area (Å²) in [5, 5.41) is 18.0. The predicted molar refractivity (Wildman–Crippen MR) is 113 cm³/mol. The third kappa shape index (κ3) is 4.49. The van der Waals surface area contributed by atoms with E-state index in [0.717, 1.165) is 53.4 Å². The van der Waals surface area contributed by atoms with Crippen LogP contribution in [-0.4, -0.2) is 45.6 Å². The number of nitrogens with zero attached hydrogens (tertiary/aromatic N) is 4. The molecule has 1 amide bonds. The van der Waals surface area contributed by atoms with Crippen LogP contribution in [0.25, 0.3) is 16.7 Å². The minimum Gasteiger partial charge on any atom is -0.388 e. The Hall–Kier alpha value is -2.90.